The molecule has 0 aliphatic carbocycles. The SMILES string of the molecule is CCCCC(=O)O[C@H](C)c1ccc(CCOc2ccc(CC3(C)SC(=O)NC3=O)cc2)nc1. The molecule has 1 saturated heterocycles. The number of pyridine rings is 1. The van der Waals surface area contributed by atoms with Crippen LogP contribution in [0.3, 0.4) is 0 Å². The minimum absolute atomic E-state index is 0.180. The Morgan fingerprint density at radius 2 is 1.94 bits per heavy atom. The van der Waals surface area contributed by atoms with Gasteiger partial charge in [-0.1, -0.05) is 31.5 Å². The molecule has 2 amide bonds. The first-order valence-corrected chi connectivity index (χ1v) is 12.0. The van der Waals surface area contributed by atoms with Crippen molar-refractivity contribution in [2.75, 3.05) is 6.61 Å². The fourth-order valence-corrected chi connectivity index (χ4v) is 4.39. The van der Waals surface area contributed by atoms with Gasteiger partial charge in [0.2, 0.25) is 5.91 Å². The summed E-state index contributed by atoms with van der Waals surface area (Å²) in [5.74, 6) is 0.300. The third-order valence-electron chi connectivity index (χ3n) is 5.47. The lowest BCUT2D eigenvalue weighted by molar-refractivity contribution is -0.148. The van der Waals surface area contributed by atoms with Gasteiger partial charge in [0.05, 0.1) is 6.61 Å². The summed E-state index contributed by atoms with van der Waals surface area (Å²) in [4.78, 5) is 39.7. The molecule has 2 aromatic rings. The van der Waals surface area contributed by atoms with E-state index in [0.717, 1.165) is 47.2 Å². The molecule has 1 fully saturated rings. The summed E-state index contributed by atoms with van der Waals surface area (Å²) < 4.78 is 10.5. The smallest absolute Gasteiger partial charge is 0.306 e. The van der Waals surface area contributed by atoms with Crippen molar-refractivity contribution >= 4 is 28.9 Å². The minimum Gasteiger partial charge on any atom is -0.493 e. The molecule has 0 bridgehead atoms. The second kappa shape index (κ2) is 11.3. The number of esters is 1. The first kappa shape index (κ1) is 24.8. The molecule has 8 heteroatoms. The molecule has 1 aromatic heterocycles. The normalized spacial score (nSPS) is 18.6. The van der Waals surface area contributed by atoms with E-state index in [1.807, 2.05) is 50.2 Å². The lowest BCUT2D eigenvalue weighted by Gasteiger charge is -2.18. The van der Waals surface area contributed by atoms with Crippen LogP contribution in [-0.4, -0.2) is 33.5 Å². The molecule has 2 heterocycles. The summed E-state index contributed by atoms with van der Waals surface area (Å²) in [5.41, 5.74) is 2.72. The summed E-state index contributed by atoms with van der Waals surface area (Å²) >= 11 is 1.03. The van der Waals surface area contributed by atoms with Crippen LogP contribution in [0.2, 0.25) is 0 Å². The van der Waals surface area contributed by atoms with Gasteiger partial charge in [0.1, 0.15) is 16.6 Å². The Kier molecular flexibility index (Phi) is 8.49. The van der Waals surface area contributed by atoms with Gasteiger partial charge >= 0.3 is 5.97 Å². The number of amides is 2. The van der Waals surface area contributed by atoms with E-state index in [-0.39, 0.29) is 23.2 Å². The molecule has 0 spiro atoms. The van der Waals surface area contributed by atoms with Gasteiger partial charge in [0.15, 0.2) is 0 Å². The second-order valence-corrected chi connectivity index (χ2v) is 9.79. The highest BCUT2D eigenvalue weighted by molar-refractivity contribution is 8.16. The quantitative estimate of drug-likeness (QED) is 0.472. The minimum atomic E-state index is -0.775. The number of rotatable bonds is 11. The molecular formula is C25H30N2O5S. The molecule has 7 nitrogen and oxygen atoms in total. The first-order valence-electron chi connectivity index (χ1n) is 11.2. The average Bonchev–Trinajstić information content (AvgIpc) is 3.04. The molecule has 1 aromatic carbocycles. The summed E-state index contributed by atoms with van der Waals surface area (Å²) in [7, 11) is 0. The third-order valence-corrected chi connectivity index (χ3v) is 6.53. The number of aromatic nitrogens is 1. The number of thioether (sulfide) groups is 1. The van der Waals surface area contributed by atoms with Crippen LogP contribution in [0.25, 0.3) is 0 Å². The molecule has 0 radical (unpaired) electrons. The van der Waals surface area contributed by atoms with Crippen molar-refractivity contribution in [3.63, 3.8) is 0 Å². The molecule has 1 aliphatic rings. The van der Waals surface area contributed by atoms with Gasteiger partial charge in [0.25, 0.3) is 5.24 Å². The van der Waals surface area contributed by atoms with Crippen LogP contribution in [0.5, 0.6) is 5.75 Å². The Balaban J connectivity index is 1.44. The number of hydrogen-bond donors (Lipinski definition) is 1. The van der Waals surface area contributed by atoms with Gasteiger partial charge in [-0.2, -0.15) is 0 Å². The maximum Gasteiger partial charge on any atom is 0.306 e. The Hall–Kier alpha value is -2.87. The fourth-order valence-electron chi connectivity index (χ4n) is 3.45. The van der Waals surface area contributed by atoms with Crippen LogP contribution in [-0.2, 0) is 27.2 Å². The van der Waals surface area contributed by atoms with E-state index in [1.165, 1.54) is 0 Å². The highest BCUT2D eigenvalue weighted by Crippen LogP contribution is 2.34. The van der Waals surface area contributed by atoms with E-state index in [0.29, 0.717) is 25.9 Å². The Morgan fingerprint density at radius 1 is 1.18 bits per heavy atom. The van der Waals surface area contributed by atoms with Gasteiger partial charge in [-0.25, -0.2) is 0 Å². The maximum absolute atomic E-state index is 12.0. The van der Waals surface area contributed by atoms with Crippen LogP contribution >= 0.6 is 11.8 Å². The number of imide groups is 1. The number of benzene rings is 1. The maximum atomic E-state index is 12.0. The topological polar surface area (TPSA) is 94.6 Å². The zero-order chi connectivity index (χ0) is 23.8. The number of nitrogens with one attached hydrogen (secondary N) is 1. The van der Waals surface area contributed by atoms with Gasteiger partial charge in [-0.15, -0.1) is 0 Å². The number of nitrogens with zero attached hydrogens (tertiary/aromatic N) is 1. The van der Waals surface area contributed by atoms with E-state index in [4.69, 9.17) is 9.47 Å². The monoisotopic (exact) mass is 470 g/mol. The summed E-state index contributed by atoms with van der Waals surface area (Å²) in [6.07, 6.45) is 4.78. The second-order valence-electron chi connectivity index (χ2n) is 8.31. The Bertz CT molecular complexity index is 977. The average molecular weight is 471 g/mol. The number of ether oxygens (including phenoxy) is 2. The summed E-state index contributed by atoms with van der Waals surface area (Å²) in [6, 6.07) is 11.4. The van der Waals surface area contributed by atoms with Crippen molar-refractivity contribution in [3.8, 4) is 5.75 Å². The van der Waals surface area contributed by atoms with Gasteiger partial charge in [0, 0.05) is 30.3 Å². The van der Waals surface area contributed by atoms with Gasteiger partial charge < -0.3 is 9.47 Å². The molecule has 1 N–H and O–H groups in total. The first-order chi connectivity index (χ1) is 15.8. The van der Waals surface area contributed by atoms with Crippen molar-refractivity contribution < 1.29 is 23.9 Å². The van der Waals surface area contributed by atoms with Crippen molar-refractivity contribution in [1.82, 2.24) is 10.3 Å². The van der Waals surface area contributed by atoms with Crippen molar-refractivity contribution in [3.05, 3.63) is 59.4 Å². The number of carbonyl (C=O) groups excluding carboxylic acids is 3. The van der Waals surface area contributed by atoms with E-state index in [2.05, 4.69) is 10.3 Å². The fraction of sp³-hybridized carbons (Fsp3) is 0.440. The van der Waals surface area contributed by atoms with E-state index in [1.54, 1.807) is 13.1 Å². The number of unbranched alkanes of at least 4 members (excludes halogenated alkanes) is 1. The summed E-state index contributed by atoms with van der Waals surface area (Å²) in [5, 5.41) is 2.04. The Labute approximate surface area is 198 Å². The lowest BCUT2D eigenvalue weighted by atomic mass is 9.99. The van der Waals surface area contributed by atoms with E-state index < -0.39 is 4.75 Å². The lowest BCUT2D eigenvalue weighted by Crippen LogP contribution is -2.35. The van der Waals surface area contributed by atoms with Crippen molar-refractivity contribution in [2.24, 2.45) is 0 Å². The van der Waals surface area contributed by atoms with Crippen molar-refractivity contribution in [1.29, 1.82) is 0 Å². The molecule has 2 atom stereocenters. The van der Waals surface area contributed by atoms with Crippen molar-refractivity contribution in [2.45, 2.75) is 63.7 Å². The molecule has 3 rings (SSSR count). The number of carbonyl (C=O) groups is 3. The third kappa shape index (κ3) is 7.05. The van der Waals surface area contributed by atoms with Crippen LogP contribution in [0.15, 0.2) is 42.6 Å². The molecule has 1 unspecified atom stereocenters. The molecule has 0 saturated carbocycles. The predicted molar refractivity (Wildman–Crippen MR) is 127 cm³/mol. The molecule has 33 heavy (non-hydrogen) atoms. The molecule has 176 valence electrons. The van der Waals surface area contributed by atoms with Crippen LogP contribution in [0.4, 0.5) is 4.79 Å². The van der Waals surface area contributed by atoms with Gasteiger partial charge in [-0.3, -0.25) is 24.7 Å². The van der Waals surface area contributed by atoms with E-state index >= 15 is 0 Å². The van der Waals surface area contributed by atoms with E-state index in [9.17, 15) is 14.4 Å². The van der Waals surface area contributed by atoms with Crippen LogP contribution < -0.4 is 10.1 Å². The standard InChI is InChI=1S/C25H30N2O5S/c1-4-5-6-22(28)32-17(2)19-9-10-20(26-16-19)13-14-31-21-11-7-18(8-12-21)15-25(3)23(29)27-24(30)33-25/h7-12,16-17H,4-6,13-15H2,1-3H3,(H,27,29,30)/t17-,25?/m1/s1. The highest BCUT2D eigenvalue weighted by Gasteiger charge is 2.43. The zero-order valence-electron chi connectivity index (χ0n) is 19.3. The predicted octanol–water partition coefficient (Wildman–Crippen LogP) is 4.78. The molecule has 1 aliphatic heterocycles. The van der Waals surface area contributed by atoms with Gasteiger partial charge in [-0.05, 0) is 62.2 Å². The van der Waals surface area contributed by atoms with Crippen LogP contribution in [0, 0.1) is 0 Å². The zero-order valence-corrected chi connectivity index (χ0v) is 20.1. The van der Waals surface area contributed by atoms with Crippen LogP contribution in [0.1, 0.15) is 63.0 Å². The highest BCUT2D eigenvalue weighted by atomic mass is 32.2. The largest absolute Gasteiger partial charge is 0.493 e. The number of hydrogen-bond acceptors (Lipinski definition) is 7. The summed E-state index contributed by atoms with van der Waals surface area (Å²) in [6.45, 7) is 6.14. The molecular weight excluding hydrogens is 440 g/mol. The Morgan fingerprint density at radius 3 is 2.55 bits per heavy atom.